The Balaban J connectivity index is 2.76. The molecule has 0 aromatic carbocycles. The van der Waals surface area contributed by atoms with Gasteiger partial charge in [0.1, 0.15) is 5.65 Å². The minimum atomic E-state index is 0.0585. The van der Waals surface area contributed by atoms with E-state index in [9.17, 15) is 0 Å². The monoisotopic (exact) mass is 231 g/mol. The number of hydrogen-bond donors (Lipinski definition) is 1. The van der Waals surface area contributed by atoms with E-state index in [-0.39, 0.29) is 5.41 Å². The van der Waals surface area contributed by atoms with E-state index in [0.29, 0.717) is 6.54 Å². The Bertz CT molecular complexity index is 532. The first-order valence-electron chi connectivity index (χ1n) is 6.12. The summed E-state index contributed by atoms with van der Waals surface area (Å²) in [5, 5.41) is 0. The number of nitrogens with zero attached hydrogens (tertiary/aromatic N) is 2. The summed E-state index contributed by atoms with van der Waals surface area (Å²) < 4.78 is 2.23. The third kappa shape index (κ3) is 2.07. The zero-order chi connectivity index (χ0) is 12.6. The second-order valence-corrected chi connectivity index (χ2v) is 5.56. The minimum Gasteiger partial charge on any atom is -0.330 e. The largest absolute Gasteiger partial charge is 0.330 e. The topological polar surface area (TPSA) is 43.3 Å². The smallest absolute Gasteiger partial charge is 0.137 e. The van der Waals surface area contributed by atoms with Crippen molar-refractivity contribution in [3.05, 3.63) is 35.3 Å². The second kappa shape index (κ2) is 4.15. The minimum absolute atomic E-state index is 0.0585. The lowest BCUT2D eigenvalue weighted by atomic mass is 9.90. The van der Waals surface area contributed by atoms with Crippen molar-refractivity contribution >= 4 is 5.65 Å². The molecular weight excluding hydrogens is 210 g/mol. The quantitative estimate of drug-likeness (QED) is 0.862. The van der Waals surface area contributed by atoms with Gasteiger partial charge in [-0.15, -0.1) is 0 Å². The Hall–Kier alpha value is -1.35. The number of aromatic nitrogens is 2. The molecule has 2 aromatic heterocycles. The highest BCUT2D eigenvalue weighted by Crippen LogP contribution is 2.27. The fourth-order valence-electron chi connectivity index (χ4n) is 2.29. The number of aryl methyl sites for hydroxylation is 1. The van der Waals surface area contributed by atoms with E-state index in [1.165, 1.54) is 11.4 Å². The zero-order valence-corrected chi connectivity index (χ0v) is 11.1. The molecular formula is C14H21N3. The van der Waals surface area contributed by atoms with E-state index < -0.39 is 0 Å². The molecule has 0 aliphatic rings. The van der Waals surface area contributed by atoms with Gasteiger partial charge in [-0.3, -0.25) is 0 Å². The van der Waals surface area contributed by atoms with Crippen LogP contribution < -0.4 is 5.73 Å². The van der Waals surface area contributed by atoms with Gasteiger partial charge in [-0.05, 0) is 25.6 Å². The first kappa shape index (κ1) is 12.1. The van der Waals surface area contributed by atoms with Crippen LogP contribution in [0.15, 0.2) is 18.2 Å². The van der Waals surface area contributed by atoms with Crippen molar-refractivity contribution in [2.45, 2.75) is 39.5 Å². The fraction of sp³-hybridized carbons (Fsp3) is 0.500. The van der Waals surface area contributed by atoms with Crippen LogP contribution in [-0.4, -0.2) is 15.9 Å². The highest BCUT2D eigenvalue weighted by atomic mass is 15.0. The molecule has 17 heavy (non-hydrogen) atoms. The van der Waals surface area contributed by atoms with Gasteiger partial charge < -0.3 is 10.1 Å². The maximum atomic E-state index is 5.73. The van der Waals surface area contributed by atoms with Crippen molar-refractivity contribution in [2.75, 3.05) is 6.54 Å². The average molecular weight is 231 g/mol. The predicted octanol–water partition coefficient (Wildman–Crippen LogP) is 2.44. The molecule has 92 valence electrons. The first-order valence-corrected chi connectivity index (χ1v) is 6.12. The van der Waals surface area contributed by atoms with Gasteiger partial charge in [-0.2, -0.15) is 0 Å². The molecule has 3 heteroatoms. The van der Waals surface area contributed by atoms with Crippen LogP contribution in [0.3, 0.4) is 0 Å². The summed E-state index contributed by atoms with van der Waals surface area (Å²) >= 11 is 0. The number of imidazole rings is 1. The highest BCUT2D eigenvalue weighted by Gasteiger charge is 2.23. The SMILES string of the molecule is Cc1cccc2nc(C(C)(C)C)c(CCN)n12. The van der Waals surface area contributed by atoms with Gasteiger partial charge in [0.2, 0.25) is 0 Å². The third-order valence-electron chi connectivity index (χ3n) is 3.03. The lowest BCUT2D eigenvalue weighted by Gasteiger charge is -2.18. The Kier molecular flexibility index (Phi) is 2.96. The van der Waals surface area contributed by atoms with Crippen molar-refractivity contribution in [3.63, 3.8) is 0 Å². The van der Waals surface area contributed by atoms with Crippen LogP contribution in [0.1, 0.15) is 37.9 Å². The number of nitrogens with two attached hydrogens (primary N) is 1. The predicted molar refractivity (Wildman–Crippen MR) is 71.4 cm³/mol. The lowest BCUT2D eigenvalue weighted by molar-refractivity contribution is 0.563. The van der Waals surface area contributed by atoms with Gasteiger partial charge in [0, 0.05) is 23.2 Å². The molecule has 0 saturated heterocycles. The van der Waals surface area contributed by atoms with E-state index >= 15 is 0 Å². The lowest BCUT2D eigenvalue weighted by Crippen LogP contribution is -2.17. The van der Waals surface area contributed by atoms with Gasteiger partial charge in [0.15, 0.2) is 0 Å². The summed E-state index contributed by atoms with van der Waals surface area (Å²) in [7, 11) is 0. The molecule has 2 N–H and O–H groups in total. The Morgan fingerprint density at radius 2 is 2.00 bits per heavy atom. The van der Waals surface area contributed by atoms with E-state index in [2.05, 4.69) is 50.3 Å². The van der Waals surface area contributed by atoms with Crippen molar-refractivity contribution in [1.29, 1.82) is 0 Å². The Labute approximate surface area is 103 Å². The molecule has 0 saturated carbocycles. The van der Waals surface area contributed by atoms with Gasteiger partial charge >= 0.3 is 0 Å². The van der Waals surface area contributed by atoms with E-state index in [4.69, 9.17) is 10.7 Å². The summed E-state index contributed by atoms with van der Waals surface area (Å²) in [5.74, 6) is 0. The summed E-state index contributed by atoms with van der Waals surface area (Å²) in [5.41, 5.74) is 10.5. The Morgan fingerprint density at radius 1 is 1.29 bits per heavy atom. The Morgan fingerprint density at radius 3 is 2.59 bits per heavy atom. The molecule has 2 heterocycles. The molecule has 2 aromatic rings. The van der Waals surface area contributed by atoms with Crippen LogP contribution in [0.25, 0.3) is 5.65 Å². The third-order valence-corrected chi connectivity index (χ3v) is 3.03. The average Bonchev–Trinajstić information content (AvgIpc) is 2.59. The normalized spacial score (nSPS) is 12.3. The number of rotatable bonds is 2. The molecule has 0 aliphatic heterocycles. The van der Waals surface area contributed by atoms with Crippen molar-refractivity contribution in [1.82, 2.24) is 9.38 Å². The number of fused-ring (bicyclic) bond motifs is 1. The van der Waals surface area contributed by atoms with Gasteiger partial charge in [-0.1, -0.05) is 26.8 Å². The zero-order valence-electron chi connectivity index (χ0n) is 11.1. The van der Waals surface area contributed by atoms with Crippen molar-refractivity contribution in [2.24, 2.45) is 5.73 Å². The van der Waals surface area contributed by atoms with E-state index in [1.54, 1.807) is 0 Å². The summed E-state index contributed by atoms with van der Waals surface area (Å²) in [6.45, 7) is 9.37. The van der Waals surface area contributed by atoms with Crippen LogP contribution >= 0.6 is 0 Å². The molecule has 0 bridgehead atoms. The van der Waals surface area contributed by atoms with Crippen LogP contribution in [-0.2, 0) is 11.8 Å². The summed E-state index contributed by atoms with van der Waals surface area (Å²) in [6, 6.07) is 6.22. The number of pyridine rings is 1. The van der Waals surface area contributed by atoms with Gasteiger partial charge in [-0.25, -0.2) is 4.98 Å². The van der Waals surface area contributed by atoms with Crippen LogP contribution in [0, 0.1) is 6.92 Å². The van der Waals surface area contributed by atoms with Gasteiger partial charge in [0.25, 0.3) is 0 Å². The van der Waals surface area contributed by atoms with Crippen molar-refractivity contribution < 1.29 is 0 Å². The van der Waals surface area contributed by atoms with Crippen LogP contribution in [0.5, 0.6) is 0 Å². The van der Waals surface area contributed by atoms with Gasteiger partial charge in [0.05, 0.1) is 5.69 Å². The van der Waals surface area contributed by atoms with Crippen LogP contribution in [0.4, 0.5) is 0 Å². The summed E-state index contributed by atoms with van der Waals surface area (Å²) in [6.07, 6.45) is 0.874. The van der Waals surface area contributed by atoms with E-state index in [0.717, 1.165) is 17.8 Å². The maximum absolute atomic E-state index is 5.73. The molecule has 0 aliphatic carbocycles. The molecule has 3 nitrogen and oxygen atoms in total. The second-order valence-electron chi connectivity index (χ2n) is 5.56. The molecule has 0 amide bonds. The molecule has 0 atom stereocenters. The van der Waals surface area contributed by atoms with Crippen molar-refractivity contribution in [3.8, 4) is 0 Å². The molecule has 0 unspecified atom stereocenters. The number of hydrogen-bond acceptors (Lipinski definition) is 2. The first-order chi connectivity index (χ1) is 7.95. The standard InChI is InChI=1S/C14H21N3/c1-10-6-5-7-12-16-13(14(2,3)4)11(8-9-15)17(10)12/h5-7H,8-9,15H2,1-4H3. The van der Waals surface area contributed by atoms with Crippen LogP contribution in [0.2, 0.25) is 0 Å². The highest BCUT2D eigenvalue weighted by molar-refractivity contribution is 5.46. The maximum Gasteiger partial charge on any atom is 0.137 e. The molecule has 0 fully saturated rings. The van der Waals surface area contributed by atoms with E-state index in [1.807, 2.05) is 0 Å². The molecule has 0 radical (unpaired) electrons. The molecule has 0 spiro atoms. The fourth-order valence-corrected chi connectivity index (χ4v) is 2.29. The summed E-state index contributed by atoms with van der Waals surface area (Å²) in [4.78, 5) is 4.77. The molecule has 2 rings (SSSR count).